The zero-order chi connectivity index (χ0) is 16.7. The van der Waals surface area contributed by atoms with Crippen LogP contribution in [0.3, 0.4) is 0 Å². The highest BCUT2D eigenvalue weighted by Gasteiger charge is 2.21. The number of hydrogen-bond donors (Lipinski definition) is 1. The summed E-state index contributed by atoms with van der Waals surface area (Å²) in [5.74, 6) is 1.19. The molecule has 1 N–H and O–H groups in total. The maximum atomic E-state index is 11.9. The highest BCUT2D eigenvalue weighted by Crippen LogP contribution is 2.15. The number of benzene rings is 1. The van der Waals surface area contributed by atoms with Gasteiger partial charge in [0.2, 0.25) is 0 Å². The Balaban J connectivity index is 1.66. The van der Waals surface area contributed by atoms with E-state index in [2.05, 4.69) is 40.0 Å². The normalized spacial score (nSPS) is 18.9. The van der Waals surface area contributed by atoms with Gasteiger partial charge in [0.25, 0.3) is 5.91 Å². The number of ether oxygens (including phenoxy) is 2. The number of nitrogens with zero attached hydrogens (tertiary/aromatic N) is 1. The van der Waals surface area contributed by atoms with Gasteiger partial charge in [0.15, 0.2) is 6.61 Å². The van der Waals surface area contributed by atoms with E-state index < -0.39 is 0 Å². The molecule has 6 heteroatoms. The Hall–Kier alpha value is -1.11. The predicted molar refractivity (Wildman–Crippen MR) is 93.7 cm³/mol. The van der Waals surface area contributed by atoms with E-state index in [9.17, 15) is 4.79 Å². The molecular formula is C17H25BrN2O3. The smallest absolute Gasteiger partial charge is 0.258 e. The van der Waals surface area contributed by atoms with E-state index in [1.807, 2.05) is 24.3 Å². The molecule has 1 saturated heterocycles. The van der Waals surface area contributed by atoms with Crippen molar-refractivity contribution in [3.05, 3.63) is 28.7 Å². The Bertz CT molecular complexity index is 493. The van der Waals surface area contributed by atoms with Crippen molar-refractivity contribution in [1.82, 2.24) is 10.2 Å². The summed E-state index contributed by atoms with van der Waals surface area (Å²) in [6.07, 6.45) is 0.0548. The molecule has 1 heterocycles. The van der Waals surface area contributed by atoms with Crippen LogP contribution in [0.4, 0.5) is 0 Å². The Labute approximate surface area is 146 Å². The quantitative estimate of drug-likeness (QED) is 0.783. The number of hydrogen-bond acceptors (Lipinski definition) is 4. The lowest BCUT2D eigenvalue weighted by molar-refractivity contribution is -0.124. The largest absolute Gasteiger partial charge is 0.484 e. The molecule has 0 aromatic heterocycles. The molecule has 0 bridgehead atoms. The van der Waals surface area contributed by atoms with Crippen LogP contribution in [0.1, 0.15) is 13.8 Å². The average molecular weight is 385 g/mol. The lowest BCUT2D eigenvalue weighted by Crippen LogP contribution is -2.48. The molecule has 0 saturated carbocycles. The molecule has 1 atom stereocenters. The summed E-state index contributed by atoms with van der Waals surface area (Å²) in [4.78, 5) is 14.3. The Morgan fingerprint density at radius 2 is 2.17 bits per heavy atom. The topological polar surface area (TPSA) is 50.8 Å². The third-order valence-corrected chi connectivity index (χ3v) is 4.09. The van der Waals surface area contributed by atoms with Crippen LogP contribution in [0.25, 0.3) is 0 Å². The lowest BCUT2D eigenvalue weighted by Gasteiger charge is -2.33. The molecule has 1 amide bonds. The van der Waals surface area contributed by atoms with Gasteiger partial charge in [-0.1, -0.05) is 29.8 Å². The second-order valence-electron chi connectivity index (χ2n) is 6.19. The van der Waals surface area contributed by atoms with Crippen molar-refractivity contribution >= 4 is 21.8 Å². The van der Waals surface area contributed by atoms with E-state index in [0.717, 1.165) is 30.7 Å². The highest BCUT2D eigenvalue weighted by molar-refractivity contribution is 9.10. The molecule has 2 rings (SSSR count). The van der Waals surface area contributed by atoms with Crippen LogP contribution >= 0.6 is 15.9 Å². The lowest BCUT2D eigenvalue weighted by atomic mass is 10.2. The van der Waals surface area contributed by atoms with Crippen LogP contribution in [0.2, 0.25) is 0 Å². The first kappa shape index (κ1) is 18.2. The molecule has 0 aliphatic carbocycles. The molecule has 1 aliphatic rings. The van der Waals surface area contributed by atoms with Gasteiger partial charge in [0.05, 0.1) is 12.7 Å². The minimum atomic E-state index is -0.127. The molecule has 1 aliphatic heterocycles. The minimum absolute atomic E-state index is 0.0179. The highest BCUT2D eigenvalue weighted by atomic mass is 79.9. The maximum Gasteiger partial charge on any atom is 0.258 e. The third kappa shape index (κ3) is 6.89. The van der Waals surface area contributed by atoms with Gasteiger partial charge < -0.3 is 14.8 Å². The molecule has 0 spiro atoms. The Kier molecular flexibility index (Phi) is 7.33. The number of carbonyl (C=O) groups is 1. The van der Waals surface area contributed by atoms with Gasteiger partial charge in [0, 0.05) is 30.7 Å². The second-order valence-corrected chi connectivity index (χ2v) is 7.11. The molecule has 0 radical (unpaired) electrons. The van der Waals surface area contributed by atoms with Crippen LogP contribution < -0.4 is 10.1 Å². The molecule has 1 aromatic rings. The number of nitrogens with one attached hydrogen (secondary N) is 1. The molecule has 0 unspecified atom stereocenters. The zero-order valence-corrected chi connectivity index (χ0v) is 15.3. The number of halogens is 1. The van der Waals surface area contributed by atoms with Crippen LogP contribution in [0.15, 0.2) is 28.7 Å². The van der Waals surface area contributed by atoms with Crippen LogP contribution in [0, 0.1) is 5.92 Å². The van der Waals surface area contributed by atoms with Crippen molar-refractivity contribution < 1.29 is 14.3 Å². The summed E-state index contributed by atoms with van der Waals surface area (Å²) in [5, 5.41) is 2.88. The fourth-order valence-electron chi connectivity index (χ4n) is 2.54. The SMILES string of the molecule is CC(C)CN1CCO[C@@H](CNC(=O)COc2ccc(Br)cc2)C1. The van der Waals surface area contributed by atoms with Crippen LogP contribution in [-0.4, -0.2) is 56.3 Å². The fraction of sp³-hybridized carbons (Fsp3) is 0.588. The molecule has 128 valence electrons. The average Bonchev–Trinajstić information content (AvgIpc) is 2.52. The summed E-state index contributed by atoms with van der Waals surface area (Å²) in [7, 11) is 0. The van der Waals surface area contributed by atoms with E-state index in [1.54, 1.807) is 0 Å². The van der Waals surface area contributed by atoms with Crippen molar-refractivity contribution in [3.63, 3.8) is 0 Å². The van der Waals surface area contributed by atoms with Gasteiger partial charge in [0.1, 0.15) is 5.75 Å². The van der Waals surface area contributed by atoms with E-state index in [-0.39, 0.29) is 18.6 Å². The van der Waals surface area contributed by atoms with Crippen molar-refractivity contribution in [2.45, 2.75) is 20.0 Å². The minimum Gasteiger partial charge on any atom is -0.484 e. The van der Waals surface area contributed by atoms with Crippen LogP contribution in [-0.2, 0) is 9.53 Å². The number of amides is 1. The molecule has 23 heavy (non-hydrogen) atoms. The van der Waals surface area contributed by atoms with Gasteiger partial charge in [-0.3, -0.25) is 9.69 Å². The standard InChI is InChI=1S/C17H25BrN2O3/c1-13(2)10-20-7-8-22-16(11-20)9-19-17(21)12-23-15-5-3-14(18)4-6-15/h3-6,13,16H,7-12H2,1-2H3,(H,19,21)/t16-/m0/s1. The summed E-state index contributed by atoms with van der Waals surface area (Å²) in [5.41, 5.74) is 0. The monoisotopic (exact) mass is 384 g/mol. The molecule has 1 aromatic carbocycles. The van der Waals surface area contributed by atoms with Gasteiger partial charge in [-0.2, -0.15) is 0 Å². The number of carbonyl (C=O) groups excluding carboxylic acids is 1. The maximum absolute atomic E-state index is 11.9. The Morgan fingerprint density at radius 1 is 1.43 bits per heavy atom. The van der Waals surface area contributed by atoms with Gasteiger partial charge >= 0.3 is 0 Å². The van der Waals surface area contributed by atoms with E-state index >= 15 is 0 Å². The third-order valence-electron chi connectivity index (χ3n) is 3.56. The molecule has 1 fully saturated rings. The van der Waals surface area contributed by atoms with Crippen molar-refractivity contribution in [2.75, 3.05) is 39.4 Å². The van der Waals surface area contributed by atoms with Gasteiger partial charge in [-0.05, 0) is 30.2 Å². The fourth-order valence-corrected chi connectivity index (χ4v) is 2.81. The Morgan fingerprint density at radius 3 is 2.87 bits per heavy atom. The number of morpholine rings is 1. The first-order chi connectivity index (χ1) is 11.0. The van der Waals surface area contributed by atoms with E-state index in [4.69, 9.17) is 9.47 Å². The second kappa shape index (κ2) is 9.25. The first-order valence-corrected chi connectivity index (χ1v) is 8.81. The van der Waals surface area contributed by atoms with E-state index in [1.165, 1.54) is 0 Å². The summed E-state index contributed by atoms with van der Waals surface area (Å²) in [6, 6.07) is 7.41. The first-order valence-electron chi connectivity index (χ1n) is 8.02. The van der Waals surface area contributed by atoms with Crippen LogP contribution in [0.5, 0.6) is 5.75 Å². The van der Waals surface area contributed by atoms with Crippen molar-refractivity contribution in [1.29, 1.82) is 0 Å². The molecule has 5 nitrogen and oxygen atoms in total. The molecular weight excluding hydrogens is 360 g/mol. The number of rotatable bonds is 7. The van der Waals surface area contributed by atoms with Crippen molar-refractivity contribution in [2.24, 2.45) is 5.92 Å². The van der Waals surface area contributed by atoms with Gasteiger partial charge in [-0.25, -0.2) is 0 Å². The predicted octanol–water partition coefficient (Wildman–Crippen LogP) is 2.30. The zero-order valence-electron chi connectivity index (χ0n) is 13.8. The summed E-state index contributed by atoms with van der Waals surface area (Å²) < 4.78 is 12.1. The van der Waals surface area contributed by atoms with Crippen molar-refractivity contribution in [3.8, 4) is 5.75 Å². The van der Waals surface area contributed by atoms with E-state index in [0.29, 0.717) is 18.2 Å². The van der Waals surface area contributed by atoms with Gasteiger partial charge in [-0.15, -0.1) is 0 Å². The summed E-state index contributed by atoms with van der Waals surface area (Å²) >= 11 is 3.36. The summed E-state index contributed by atoms with van der Waals surface area (Å²) in [6.45, 7) is 8.60.